The number of ether oxygens (including phenoxy) is 4. The van der Waals surface area contributed by atoms with Crippen molar-refractivity contribution in [3.63, 3.8) is 0 Å². The number of aryl methyl sites for hydroxylation is 2. The molecule has 0 amide bonds. The maximum atomic E-state index is 13.5. The van der Waals surface area contributed by atoms with Crippen molar-refractivity contribution < 1.29 is 23.7 Å². The first kappa shape index (κ1) is 27.3. The highest BCUT2D eigenvalue weighted by atomic mass is 32.1. The summed E-state index contributed by atoms with van der Waals surface area (Å²) in [6.07, 6.45) is 4.67. The molecule has 0 spiro atoms. The Labute approximate surface area is 223 Å². The third kappa shape index (κ3) is 5.28. The van der Waals surface area contributed by atoms with Crippen LogP contribution in [0.25, 0.3) is 0 Å². The number of nitrogens with zero attached hydrogens (tertiary/aromatic N) is 2. The number of hydrogen-bond donors (Lipinski definition) is 0. The number of unbranched alkanes of at least 4 members (excludes halogenated alkanes) is 2. The van der Waals surface area contributed by atoms with Crippen molar-refractivity contribution >= 4 is 30.3 Å². The Hall–Kier alpha value is -1.75. The first-order valence-corrected chi connectivity index (χ1v) is 13.6. The number of benzene rings is 1. The van der Waals surface area contributed by atoms with Gasteiger partial charge in [-0.1, -0.05) is 56.6 Å². The van der Waals surface area contributed by atoms with E-state index in [1.165, 1.54) is 4.57 Å². The van der Waals surface area contributed by atoms with Crippen LogP contribution in [-0.2, 0) is 18.9 Å². The Bertz CT molecular complexity index is 1190. The van der Waals surface area contributed by atoms with Crippen LogP contribution in [0.1, 0.15) is 67.2 Å². The lowest BCUT2D eigenvalue weighted by Crippen LogP contribution is -2.46. The van der Waals surface area contributed by atoms with E-state index in [0.717, 1.165) is 36.8 Å². The minimum absolute atomic E-state index is 0.264. The lowest BCUT2D eigenvalue weighted by atomic mass is 10.00. The molecule has 3 heterocycles. The van der Waals surface area contributed by atoms with Crippen molar-refractivity contribution in [1.82, 2.24) is 9.13 Å². The standard InChI is InChI=1S/C27H36N2O5S2/c1-5-7-13-31-16-27-17-33-21(22(27)32-14-8-6-2)24(34-27)28-15-19(4)25(35)29(26(28)36)23(30)20-11-9-18(3)10-12-20/h9-12,15,21-22,24H,5-8,13-14,16-17H2,1-4H3/t21-,22?,24+,27+/m0/s1. The van der Waals surface area contributed by atoms with E-state index >= 15 is 0 Å². The van der Waals surface area contributed by atoms with Gasteiger partial charge in [0.25, 0.3) is 5.91 Å². The second-order valence-corrected chi connectivity index (χ2v) is 10.5. The normalized spacial score (nSPS) is 24.9. The Balaban J connectivity index is 1.69. The van der Waals surface area contributed by atoms with E-state index in [1.807, 2.05) is 32.2 Å². The summed E-state index contributed by atoms with van der Waals surface area (Å²) >= 11 is 11.5. The summed E-state index contributed by atoms with van der Waals surface area (Å²) in [5.41, 5.74) is 1.62. The lowest BCUT2D eigenvalue weighted by molar-refractivity contribution is -0.195. The fraction of sp³-hybridized carbons (Fsp3) is 0.593. The van der Waals surface area contributed by atoms with E-state index in [9.17, 15) is 4.79 Å². The van der Waals surface area contributed by atoms with Crippen LogP contribution in [0.15, 0.2) is 30.5 Å². The molecule has 4 atom stereocenters. The predicted molar refractivity (Wildman–Crippen MR) is 143 cm³/mol. The quantitative estimate of drug-likeness (QED) is 0.271. The first-order chi connectivity index (χ1) is 17.3. The van der Waals surface area contributed by atoms with Gasteiger partial charge in [0.15, 0.2) is 11.0 Å². The van der Waals surface area contributed by atoms with Gasteiger partial charge in [0.05, 0.1) is 13.2 Å². The fourth-order valence-electron chi connectivity index (χ4n) is 4.70. The smallest absolute Gasteiger partial charge is 0.265 e. The van der Waals surface area contributed by atoms with Crippen LogP contribution in [0.3, 0.4) is 0 Å². The molecule has 1 aromatic heterocycles. The summed E-state index contributed by atoms with van der Waals surface area (Å²) in [5.74, 6) is -0.264. The maximum absolute atomic E-state index is 13.5. The average molecular weight is 533 g/mol. The van der Waals surface area contributed by atoms with E-state index in [2.05, 4.69) is 13.8 Å². The second-order valence-electron chi connectivity index (χ2n) is 9.71. The van der Waals surface area contributed by atoms with Gasteiger partial charge in [-0.2, -0.15) is 0 Å². The summed E-state index contributed by atoms with van der Waals surface area (Å²) in [6.45, 7) is 10.2. The molecule has 2 bridgehead atoms. The zero-order valence-electron chi connectivity index (χ0n) is 21.5. The van der Waals surface area contributed by atoms with Crippen LogP contribution in [0.4, 0.5) is 0 Å². The molecular weight excluding hydrogens is 496 g/mol. The number of rotatable bonds is 11. The van der Waals surface area contributed by atoms with Crippen molar-refractivity contribution in [2.75, 3.05) is 26.4 Å². The molecule has 2 aromatic rings. The Morgan fingerprint density at radius 3 is 2.50 bits per heavy atom. The highest BCUT2D eigenvalue weighted by Gasteiger charge is 2.63. The van der Waals surface area contributed by atoms with Crippen molar-refractivity contribution in [3.8, 4) is 0 Å². The van der Waals surface area contributed by atoms with E-state index in [-0.39, 0.29) is 22.9 Å². The number of aromatic nitrogens is 2. The SMILES string of the molecule is CCCCOC[C@@]12CO[C@@H](C1OCCCC)[C@H](n1cc(C)c(=S)n(C(=O)c3ccc(C)cc3)c1=S)O2. The van der Waals surface area contributed by atoms with Gasteiger partial charge in [-0.25, -0.2) is 4.57 Å². The van der Waals surface area contributed by atoms with E-state index in [1.54, 1.807) is 16.7 Å². The molecule has 0 saturated carbocycles. The van der Waals surface area contributed by atoms with Gasteiger partial charge in [-0.3, -0.25) is 9.36 Å². The molecule has 0 aliphatic carbocycles. The maximum Gasteiger partial charge on any atom is 0.265 e. The highest BCUT2D eigenvalue weighted by Crippen LogP contribution is 2.47. The summed E-state index contributed by atoms with van der Waals surface area (Å²) in [7, 11) is 0. The Morgan fingerprint density at radius 2 is 1.81 bits per heavy atom. The molecule has 7 nitrogen and oxygen atoms in total. The van der Waals surface area contributed by atoms with Gasteiger partial charge >= 0.3 is 0 Å². The van der Waals surface area contributed by atoms with Crippen molar-refractivity contribution in [2.24, 2.45) is 0 Å². The van der Waals surface area contributed by atoms with Crippen molar-refractivity contribution in [1.29, 1.82) is 0 Å². The van der Waals surface area contributed by atoms with Gasteiger partial charge in [0, 0.05) is 30.5 Å². The van der Waals surface area contributed by atoms with Gasteiger partial charge in [-0.05, 0) is 51.0 Å². The van der Waals surface area contributed by atoms with E-state index in [0.29, 0.717) is 36.6 Å². The summed E-state index contributed by atoms with van der Waals surface area (Å²) < 4.78 is 29.1. The third-order valence-electron chi connectivity index (χ3n) is 6.82. The average Bonchev–Trinajstić information content (AvgIpc) is 3.36. The Kier molecular flexibility index (Phi) is 8.91. The number of carbonyl (C=O) groups excluding carboxylic acids is 1. The molecule has 0 radical (unpaired) electrons. The summed E-state index contributed by atoms with van der Waals surface area (Å²) in [6, 6.07) is 7.38. The Morgan fingerprint density at radius 1 is 1.11 bits per heavy atom. The molecule has 196 valence electrons. The molecule has 2 aliphatic rings. The number of hydrogen-bond acceptors (Lipinski definition) is 7. The van der Waals surface area contributed by atoms with Crippen LogP contribution in [-0.4, -0.2) is 59.3 Å². The molecule has 4 rings (SSSR count). The monoisotopic (exact) mass is 532 g/mol. The van der Waals surface area contributed by atoms with Crippen LogP contribution in [0, 0.1) is 23.3 Å². The summed E-state index contributed by atoms with van der Waals surface area (Å²) in [4.78, 5) is 13.5. The third-order valence-corrected chi connectivity index (χ3v) is 7.72. The largest absolute Gasteiger partial charge is 0.378 e. The zero-order chi connectivity index (χ0) is 25.9. The van der Waals surface area contributed by atoms with Gasteiger partial charge in [0.2, 0.25) is 0 Å². The molecule has 0 N–H and O–H groups in total. The first-order valence-electron chi connectivity index (χ1n) is 12.8. The minimum Gasteiger partial charge on any atom is -0.378 e. The second kappa shape index (κ2) is 11.8. The predicted octanol–water partition coefficient (Wildman–Crippen LogP) is 5.72. The molecule has 36 heavy (non-hydrogen) atoms. The van der Waals surface area contributed by atoms with Crippen molar-refractivity contribution in [3.05, 3.63) is 56.6 Å². The highest BCUT2D eigenvalue weighted by molar-refractivity contribution is 7.72. The van der Waals surface area contributed by atoms with Gasteiger partial charge in [0.1, 0.15) is 22.4 Å². The fourth-order valence-corrected chi connectivity index (χ4v) is 5.31. The molecule has 2 saturated heterocycles. The lowest BCUT2D eigenvalue weighted by Gasteiger charge is -2.32. The topological polar surface area (TPSA) is 63.9 Å². The molecule has 1 unspecified atom stereocenters. The minimum atomic E-state index is -0.724. The summed E-state index contributed by atoms with van der Waals surface area (Å²) in [5, 5.41) is 0. The van der Waals surface area contributed by atoms with Gasteiger partial charge in [-0.15, -0.1) is 0 Å². The van der Waals surface area contributed by atoms with Crippen molar-refractivity contribution in [2.45, 2.75) is 77.4 Å². The van der Waals surface area contributed by atoms with Gasteiger partial charge < -0.3 is 18.9 Å². The van der Waals surface area contributed by atoms with Crippen LogP contribution >= 0.6 is 24.4 Å². The van der Waals surface area contributed by atoms with Crippen LogP contribution in [0.2, 0.25) is 0 Å². The molecule has 9 heteroatoms. The van der Waals surface area contributed by atoms with E-state index in [4.69, 9.17) is 43.4 Å². The zero-order valence-corrected chi connectivity index (χ0v) is 23.2. The molecule has 2 aliphatic heterocycles. The molecule has 1 aromatic carbocycles. The van der Waals surface area contributed by atoms with E-state index < -0.39 is 11.8 Å². The number of carbonyl (C=O) groups is 1. The van der Waals surface area contributed by atoms with Crippen LogP contribution in [0.5, 0.6) is 0 Å². The molecular formula is C27H36N2O5S2. The number of fused-ring (bicyclic) bond motifs is 2. The van der Waals surface area contributed by atoms with Crippen LogP contribution < -0.4 is 0 Å². The molecule has 2 fully saturated rings.